The van der Waals surface area contributed by atoms with Crippen LogP contribution < -0.4 is 22.3 Å². The molecule has 0 saturated heterocycles. The van der Waals surface area contributed by atoms with E-state index in [4.69, 9.17) is 17.3 Å². The lowest BCUT2D eigenvalue weighted by Crippen LogP contribution is -2.45. The minimum atomic E-state index is 0.290. The molecule has 0 radical (unpaired) electrons. The monoisotopic (exact) mass is 250 g/mol. The van der Waals surface area contributed by atoms with Gasteiger partial charge in [-0.05, 0) is 18.8 Å². The van der Waals surface area contributed by atoms with Crippen molar-refractivity contribution in [2.45, 2.75) is 45.1 Å². The molecule has 2 rings (SSSR count). The second-order valence-electron chi connectivity index (χ2n) is 5.00. The molecular formula is C12H22N6. The van der Waals surface area contributed by atoms with E-state index in [0.717, 1.165) is 18.8 Å². The van der Waals surface area contributed by atoms with Crippen LogP contribution in [0, 0.1) is 5.92 Å². The Morgan fingerprint density at radius 3 is 2.83 bits per heavy atom. The smallest absolute Gasteiger partial charge is 0.171 e. The number of hydrogen-bond donors (Lipinski definition) is 3. The molecule has 2 unspecified atom stereocenters. The van der Waals surface area contributed by atoms with Crippen molar-refractivity contribution in [1.29, 1.82) is 0 Å². The molecule has 100 valence electrons. The fraction of sp³-hybridized carbons (Fsp3) is 0.667. The van der Waals surface area contributed by atoms with Gasteiger partial charge in [-0.1, -0.05) is 26.2 Å². The van der Waals surface area contributed by atoms with Crippen molar-refractivity contribution in [3.05, 3.63) is 6.33 Å². The number of hydrazine groups is 1. The largest absolute Gasteiger partial charge is 0.393 e. The quantitative estimate of drug-likeness (QED) is 0.551. The van der Waals surface area contributed by atoms with Crippen molar-refractivity contribution in [2.24, 2.45) is 11.8 Å². The van der Waals surface area contributed by atoms with E-state index in [1.54, 1.807) is 5.01 Å². The lowest BCUT2D eigenvalue weighted by Gasteiger charge is -2.35. The van der Waals surface area contributed by atoms with Crippen LogP contribution in [0.4, 0.5) is 17.3 Å². The number of hydrogen-bond acceptors (Lipinski definition) is 6. The summed E-state index contributed by atoms with van der Waals surface area (Å²) in [6, 6.07) is 0.292. The number of nitrogen functional groups attached to an aromatic ring is 2. The molecule has 2 atom stereocenters. The summed E-state index contributed by atoms with van der Waals surface area (Å²) in [5.41, 5.74) is 11.9. The van der Waals surface area contributed by atoms with Gasteiger partial charge < -0.3 is 11.5 Å². The topological polar surface area (TPSA) is 107 Å². The maximum atomic E-state index is 6.16. The number of nitrogens with zero attached hydrogens (tertiary/aromatic N) is 3. The second-order valence-corrected chi connectivity index (χ2v) is 5.00. The Kier molecular flexibility index (Phi) is 3.86. The first-order valence-corrected chi connectivity index (χ1v) is 6.53. The van der Waals surface area contributed by atoms with E-state index in [-0.39, 0.29) is 0 Å². The molecule has 1 aliphatic rings. The van der Waals surface area contributed by atoms with Gasteiger partial charge in [0, 0.05) is 6.04 Å². The van der Waals surface area contributed by atoms with Crippen LogP contribution in [-0.2, 0) is 0 Å². The van der Waals surface area contributed by atoms with Gasteiger partial charge in [-0.25, -0.2) is 15.8 Å². The molecule has 6 N–H and O–H groups in total. The fourth-order valence-corrected chi connectivity index (χ4v) is 2.66. The Hall–Kier alpha value is -1.56. The minimum absolute atomic E-state index is 0.290. The summed E-state index contributed by atoms with van der Waals surface area (Å²) in [7, 11) is 0. The van der Waals surface area contributed by atoms with Crippen molar-refractivity contribution in [3.63, 3.8) is 0 Å². The fourth-order valence-electron chi connectivity index (χ4n) is 2.66. The molecule has 1 aliphatic carbocycles. The number of nitrogens with two attached hydrogens (primary N) is 3. The Bertz CT molecular complexity index is 408. The molecule has 0 spiro atoms. The molecule has 0 aliphatic heterocycles. The van der Waals surface area contributed by atoms with Crippen LogP contribution in [0.5, 0.6) is 0 Å². The number of anilines is 3. The van der Waals surface area contributed by atoms with Gasteiger partial charge in [-0.15, -0.1) is 0 Å². The highest BCUT2D eigenvalue weighted by molar-refractivity contribution is 5.72. The molecule has 0 amide bonds. The van der Waals surface area contributed by atoms with E-state index >= 15 is 0 Å². The summed E-state index contributed by atoms with van der Waals surface area (Å²) in [5.74, 6) is 7.75. The summed E-state index contributed by atoms with van der Waals surface area (Å²) in [6.45, 7) is 2.23. The minimum Gasteiger partial charge on any atom is -0.393 e. The van der Waals surface area contributed by atoms with Gasteiger partial charge in [0.1, 0.15) is 12.0 Å². The van der Waals surface area contributed by atoms with E-state index in [9.17, 15) is 0 Å². The van der Waals surface area contributed by atoms with Crippen molar-refractivity contribution in [1.82, 2.24) is 9.97 Å². The Morgan fingerprint density at radius 1 is 1.33 bits per heavy atom. The maximum Gasteiger partial charge on any atom is 0.171 e. The van der Waals surface area contributed by atoms with Gasteiger partial charge in [-0.2, -0.15) is 0 Å². The van der Waals surface area contributed by atoms with E-state index in [1.165, 1.54) is 25.6 Å². The number of rotatable bonds is 3. The Labute approximate surface area is 108 Å². The molecular weight excluding hydrogens is 228 g/mol. The Morgan fingerprint density at radius 2 is 2.11 bits per heavy atom. The van der Waals surface area contributed by atoms with Crippen LogP contribution in [-0.4, -0.2) is 16.0 Å². The van der Waals surface area contributed by atoms with Crippen LogP contribution in [0.2, 0.25) is 0 Å². The van der Waals surface area contributed by atoms with Gasteiger partial charge in [-0.3, -0.25) is 5.01 Å². The molecule has 0 bridgehead atoms. The van der Waals surface area contributed by atoms with Crippen LogP contribution in [0.15, 0.2) is 6.33 Å². The highest BCUT2D eigenvalue weighted by Gasteiger charge is 2.26. The molecule has 18 heavy (non-hydrogen) atoms. The van der Waals surface area contributed by atoms with Gasteiger partial charge >= 0.3 is 0 Å². The van der Waals surface area contributed by atoms with Crippen LogP contribution in [0.3, 0.4) is 0 Å². The predicted octanol–water partition coefficient (Wildman–Crippen LogP) is 1.29. The summed E-state index contributed by atoms with van der Waals surface area (Å²) in [6.07, 6.45) is 7.28. The molecule has 6 heteroatoms. The SMILES string of the molecule is CCC1CCCC(N(N)c2ncnc(N)c2N)C1. The van der Waals surface area contributed by atoms with Gasteiger partial charge in [0.05, 0.1) is 0 Å². The van der Waals surface area contributed by atoms with Crippen molar-refractivity contribution in [3.8, 4) is 0 Å². The second kappa shape index (κ2) is 5.39. The third kappa shape index (κ3) is 2.48. The first-order valence-electron chi connectivity index (χ1n) is 6.53. The van der Waals surface area contributed by atoms with E-state index in [2.05, 4.69) is 16.9 Å². The third-order valence-electron chi connectivity index (χ3n) is 3.86. The average molecular weight is 250 g/mol. The lowest BCUT2D eigenvalue weighted by atomic mass is 9.84. The predicted molar refractivity (Wildman–Crippen MR) is 73.6 cm³/mol. The van der Waals surface area contributed by atoms with E-state index in [0.29, 0.717) is 23.4 Å². The van der Waals surface area contributed by atoms with Gasteiger partial charge in [0.2, 0.25) is 0 Å². The molecule has 0 aromatic carbocycles. The zero-order valence-corrected chi connectivity index (χ0v) is 10.8. The van der Waals surface area contributed by atoms with E-state index < -0.39 is 0 Å². The van der Waals surface area contributed by atoms with Gasteiger partial charge in [0.15, 0.2) is 11.6 Å². The third-order valence-corrected chi connectivity index (χ3v) is 3.86. The van der Waals surface area contributed by atoms with Crippen LogP contribution in [0.1, 0.15) is 39.0 Å². The first-order chi connectivity index (χ1) is 8.63. The standard InChI is InChI=1S/C12H22N6/c1-2-8-4-3-5-9(6-8)18(15)12-10(13)11(14)16-7-17-12/h7-9H,2-6,13,15H2,1H3,(H2,14,16,17). The zero-order chi connectivity index (χ0) is 13.1. The van der Waals surface area contributed by atoms with Crippen molar-refractivity contribution >= 4 is 17.3 Å². The number of aromatic nitrogens is 2. The molecule has 1 saturated carbocycles. The molecule has 1 heterocycles. The highest BCUT2D eigenvalue weighted by atomic mass is 15.5. The van der Waals surface area contributed by atoms with Crippen molar-refractivity contribution < 1.29 is 0 Å². The lowest BCUT2D eigenvalue weighted by molar-refractivity contribution is 0.303. The average Bonchev–Trinajstić information content (AvgIpc) is 2.41. The van der Waals surface area contributed by atoms with E-state index in [1.807, 2.05) is 0 Å². The molecule has 1 aromatic rings. The summed E-state index contributed by atoms with van der Waals surface area (Å²) in [5, 5.41) is 1.68. The highest BCUT2D eigenvalue weighted by Crippen LogP contribution is 2.32. The normalized spacial score (nSPS) is 23.9. The first kappa shape index (κ1) is 12.9. The van der Waals surface area contributed by atoms with Crippen LogP contribution >= 0.6 is 0 Å². The maximum absolute atomic E-state index is 6.16. The summed E-state index contributed by atoms with van der Waals surface area (Å²) in [4.78, 5) is 8.01. The van der Waals surface area contributed by atoms with Gasteiger partial charge in [0.25, 0.3) is 0 Å². The van der Waals surface area contributed by atoms with Crippen molar-refractivity contribution in [2.75, 3.05) is 16.5 Å². The summed E-state index contributed by atoms with van der Waals surface area (Å²) >= 11 is 0. The molecule has 1 aromatic heterocycles. The molecule has 6 nitrogen and oxygen atoms in total. The zero-order valence-electron chi connectivity index (χ0n) is 10.8. The molecule has 1 fully saturated rings. The van der Waals surface area contributed by atoms with Crippen LogP contribution in [0.25, 0.3) is 0 Å². The summed E-state index contributed by atoms with van der Waals surface area (Å²) < 4.78 is 0. The Balaban J connectivity index is 2.15.